The largest absolute Gasteiger partial charge is 0.268 e. The van der Waals surface area contributed by atoms with Crippen LogP contribution in [0.4, 0.5) is 5.69 Å². The Balaban J connectivity index is 2.90. The minimum atomic E-state index is 0.0107. The molecule has 0 saturated carbocycles. The van der Waals surface area contributed by atoms with E-state index in [1.807, 2.05) is 0 Å². The number of aromatic nitrogens is 1. The van der Waals surface area contributed by atoms with Crippen molar-refractivity contribution in [1.29, 1.82) is 0 Å². The Hall–Kier alpha value is -1.60. The van der Waals surface area contributed by atoms with Gasteiger partial charge in [-0.15, -0.1) is 0 Å². The predicted octanol–water partition coefficient (Wildman–Crippen LogP) is 2.15. The average Bonchev–Trinajstić information content (AvgIpc) is 2.42. The van der Waals surface area contributed by atoms with E-state index in [1.165, 1.54) is 11.5 Å². The molecule has 1 aromatic carbocycles. The third-order valence-corrected chi connectivity index (χ3v) is 2.82. The molecule has 0 amide bonds. The highest BCUT2D eigenvalue weighted by Crippen LogP contribution is 2.22. The number of fused-ring (bicyclic) bond motifs is 1. The highest BCUT2D eigenvalue weighted by atomic mass is 32.1. The van der Waals surface area contributed by atoms with E-state index in [2.05, 4.69) is 4.85 Å². The lowest BCUT2D eigenvalue weighted by atomic mass is 10.2. The molecule has 0 bridgehead atoms. The number of nitrogens with zero attached hydrogens (tertiary/aromatic N) is 2. The van der Waals surface area contributed by atoms with Crippen molar-refractivity contribution in [2.45, 2.75) is 0 Å². The topological polar surface area (TPSA) is 26.4 Å². The fourth-order valence-corrected chi connectivity index (χ4v) is 2.09. The van der Waals surface area contributed by atoms with Gasteiger partial charge < -0.3 is 0 Å². The van der Waals surface area contributed by atoms with Crippen LogP contribution in [0.3, 0.4) is 0 Å². The van der Waals surface area contributed by atoms with Gasteiger partial charge in [0.2, 0.25) is 0 Å². The van der Waals surface area contributed by atoms with E-state index in [0.717, 1.165) is 4.70 Å². The highest BCUT2D eigenvalue weighted by Gasteiger charge is 2.04. The zero-order valence-electron chi connectivity index (χ0n) is 6.94. The van der Waals surface area contributed by atoms with Gasteiger partial charge in [-0.05, 0) is 6.07 Å². The summed E-state index contributed by atoms with van der Waals surface area (Å²) in [6.07, 6.45) is 0. The third kappa shape index (κ3) is 1.14. The van der Waals surface area contributed by atoms with Gasteiger partial charge in [0, 0.05) is 11.7 Å². The maximum absolute atomic E-state index is 11.4. The molecule has 0 spiro atoms. The number of hydrogen-bond donors (Lipinski definition) is 0. The number of benzene rings is 1. The molecule has 0 saturated heterocycles. The minimum Gasteiger partial charge on any atom is -0.268 e. The van der Waals surface area contributed by atoms with Crippen LogP contribution in [-0.2, 0) is 7.05 Å². The minimum absolute atomic E-state index is 0.0107. The summed E-state index contributed by atoms with van der Waals surface area (Å²) in [6.45, 7) is 6.82. The van der Waals surface area contributed by atoms with E-state index >= 15 is 0 Å². The Morgan fingerprint density at radius 3 is 3.00 bits per heavy atom. The molecule has 2 rings (SSSR count). The summed E-state index contributed by atoms with van der Waals surface area (Å²) in [5.74, 6) is 0. The molecule has 0 fully saturated rings. The molecule has 1 heterocycles. The zero-order chi connectivity index (χ0) is 9.42. The zero-order valence-corrected chi connectivity index (χ0v) is 7.76. The molecule has 1 aromatic heterocycles. The molecule has 4 heteroatoms. The van der Waals surface area contributed by atoms with E-state index in [-0.39, 0.29) is 5.56 Å². The number of hydrogen-bond acceptors (Lipinski definition) is 2. The van der Waals surface area contributed by atoms with Gasteiger partial charge in [-0.3, -0.25) is 8.75 Å². The van der Waals surface area contributed by atoms with Crippen molar-refractivity contribution >= 4 is 27.3 Å². The smallest absolute Gasteiger partial charge is 0.268 e. The van der Waals surface area contributed by atoms with E-state index < -0.39 is 0 Å². The van der Waals surface area contributed by atoms with Crippen LogP contribution in [0.2, 0.25) is 0 Å². The van der Waals surface area contributed by atoms with Gasteiger partial charge in [-0.2, -0.15) is 0 Å². The Bertz CT molecular complexity index is 559. The molecule has 0 aliphatic carbocycles. The summed E-state index contributed by atoms with van der Waals surface area (Å²) >= 11 is 1.37. The van der Waals surface area contributed by atoms with Gasteiger partial charge in [0.15, 0.2) is 5.69 Å². The quantitative estimate of drug-likeness (QED) is 0.584. The first-order valence-corrected chi connectivity index (χ1v) is 4.47. The van der Waals surface area contributed by atoms with Gasteiger partial charge in [0.25, 0.3) is 5.56 Å². The second kappa shape index (κ2) is 2.71. The molecule has 3 nitrogen and oxygen atoms in total. The van der Waals surface area contributed by atoms with Gasteiger partial charge in [0.1, 0.15) is 0 Å². The molecule has 64 valence electrons. The van der Waals surface area contributed by atoms with Crippen molar-refractivity contribution in [3.63, 3.8) is 0 Å². The van der Waals surface area contributed by atoms with Crippen LogP contribution in [0.5, 0.6) is 0 Å². The maximum Gasteiger partial charge on any atom is 0.268 e. The lowest BCUT2D eigenvalue weighted by Crippen LogP contribution is -2.07. The molecule has 0 aliphatic rings. The van der Waals surface area contributed by atoms with Gasteiger partial charge >= 0.3 is 0 Å². The third-order valence-electron chi connectivity index (χ3n) is 1.85. The Morgan fingerprint density at radius 1 is 1.54 bits per heavy atom. The summed E-state index contributed by atoms with van der Waals surface area (Å²) in [7, 11) is 1.73. The van der Waals surface area contributed by atoms with E-state index in [4.69, 9.17) is 6.57 Å². The standard InChI is InChI=1S/C9H6N2OS/c1-10-6-3-4-7-8(5-6)13-11(2)9(7)12/h3-5H,2H3. The first-order chi connectivity index (χ1) is 6.22. The van der Waals surface area contributed by atoms with Crippen molar-refractivity contribution in [3.05, 3.63) is 40.0 Å². The van der Waals surface area contributed by atoms with Crippen molar-refractivity contribution in [1.82, 2.24) is 3.96 Å². The van der Waals surface area contributed by atoms with Crippen molar-refractivity contribution < 1.29 is 0 Å². The van der Waals surface area contributed by atoms with Crippen LogP contribution in [0, 0.1) is 6.57 Å². The summed E-state index contributed by atoms with van der Waals surface area (Å²) < 4.78 is 2.44. The summed E-state index contributed by atoms with van der Waals surface area (Å²) in [5, 5.41) is 0.694. The van der Waals surface area contributed by atoms with Crippen LogP contribution in [0.15, 0.2) is 23.0 Å². The van der Waals surface area contributed by atoms with Gasteiger partial charge in [-0.25, -0.2) is 4.85 Å². The molecule has 0 unspecified atom stereocenters. The summed E-state index contributed by atoms with van der Waals surface area (Å²) in [5.41, 5.74) is 0.589. The van der Waals surface area contributed by atoms with Crippen LogP contribution in [-0.4, -0.2) is 3.96 Å². The Kier molecular flexibility index (Phi) is 1.67. The van der Waals surface area contributed by atoms with Crippen LogP contribution in [0.1, 0.15) is 0 Å². The molecule has 0 radical (unpaired) electrons. The fourth-order valence-electron chi connectivity index (χ4n) is 1.19. The van der Waals surface area contributed by atoms with E-state index in [0.29, 0.717) is 11.1 Å². The second-order valence-corrected chi connectivity index (χ2v) is 3.86. The molecule has 0 N–H and O–H groups in total. The van der Waals surface area contributed by atoms with Crippen molar-refractivity contribution in [3.8, 4) is 0 Å². The number of aryl methyl sites for hydroxylation is 1. The van der Waals surface area contributed by atoms with E-state index in [9.17, 15) is 4.79 Å². The van der Waals surface area contributed by atoms with E-state index in [1.54, 1.807) is 29.2 Å². The Morgan fingerprint density at radius 2 is 2.31 bits per heavy atom. The monoisotopic (exact) mass is 190 g/mol. The summed E-state index contributed by atoms with van der Waals surface area (Å²) in [4.78, 5) is 14.7. The molecule has 13 heavy (non-hydrogen) atoms. The van der Waals surface area contributed by atoms with Crippen LogP contribution in [0.25, 0.3) is 14.9 Å². The molecular weight excluding hydrogens is 184 g/mol. The first kappa shape index (κ1) is 8.02. The van der Waals surface area contributed by atoms with Gasteiger partial charge in [-0.1, -0.05) is 23.7 Å². The molecule has 0 aliphatic heterocycles. The highest BCUT2D eigenvalue weighted by molar-refractivity contribution is 7.13. The van der Waals surface area contributed by atoms with Crippen molar-refractivity contribution in [2.24, 2.45) is 7.05 Å². The lowest BCUT2D eigenvalue weighted by molar-refractivity contribution is 0.989. The average molecular weight is 190 g/mol. The van der Waals surface area contributed by atoms with Gasteiger partial charge in [0.05, 0.1) is 12.0 Å². The second-order valence-electron chi connectivity index (χ2n) is 2.69. The fraction of sp³-hybridized carbons (Fsp3) is 0.111. The first-order valence-electron chi connectivity index (χ1n) is 3.70. The molecule has 2 aromatic rings. The molecular formula is C9H6N2OS. The maximum atomic E-state index is 11.4. The van der Waals surface area contributed by atoms with Crippen LogP contribution < -0.4 is 5.56 Å². The van der Waals surface area contributed by atoms with Crippen LogP contribution >= 0.6 is 11.5 Å². The lowest BCUT2D eigenvalue weighted by Gasteiger charge is -1.86. The molecule has 0 atom stereocenters. The Labute approximate surface area is 78.8 Å². The predicted molar refractivity (Wildman–Crippen MR) is 53.3 cm³/mol. The SMILES string of the molecule is [C-]#[N+]c1ccc2c(=O)n(C)sc2c1. The summed E-state index contributed by atoms with van der Waals surface area (Å²) in [6, 6.07) is 5.12. The normalized spacial score (nSPS) is 10.2. The van der Waals surface area contributed by atoms with Crippen molar-refractivity contribution in [2.75, 3.05) is 0 Å². The number of rotatable bonds is 0.